The predicted octanol–water partition coefficient (Wildman–Crippen LogP) is 3.96. The standard InChI is InChI=1S/C19H21BrN2O2/c1-3-22(4-2)13-18(23)21-17-11-10-15(20)12-16(17)19(24)14-8-6-5-7-9-14/h5-12H,3-4,13H2,1-2H3,(H,21,23). The largest absolute Gasteiger partial charge is 0.324 e. The third-order valence-corrected chi connectivity index (χ3v) is 4.29. The van der Waals surface area contributed by atoms with Gasteiger partial charge in [-0.05, 0) is 31.3 Å². The molecule has 4 nitrogen and oxygen atoms in total. The molecule has 24 heavy (non-hydrogen) atoms. The van der Waals surface area contributed by atoms with Crippen LogP contribution in [0.3, 0.4) is 0 Å². The van der Waals surface area contributed by atoms with Gasteiger partial charge in [-0.15, -0.1) is 0 Å². The van der Waals surface area contributed by atoms with Crippen molar-refractivity contribution in [2.45, 2.75) is 13.8 Å². The summed E-state index contributed by atoms with van der Waals surface area (Å²) in [5, 5.41) is 2.87. The third-order valence-electron chi connectivity index (χ3n) is 3.80. The second-order valence-electron chi connectivity index (χ2n) is 5.39. The number of ketones is 1. The highest BCUT2D eigenvalue weighted by molar-refractivity contribution is 9.10. The number of hydrogen-bond acceptors (Lipinski definition) is 3. The minimum Gasteiger partial charge on any atom is -0.324 e. The molecule has 0 aliphatic rings. The van der Waals surface area contributed by atoms with Crippen molar-refractivity contribution >= 4 is 33.3 Å². The quantitative estimate of drug-likeness (QED) is 0.730. The zero-order valence-electron chi connectivity index (χ0n) is 13.9. The fourth-order valence-electron chi connectivity index (χ4n) is 2.40. The fourth-order valence-corrected chi connectivity index (χ4v) is 2.76. The molecular weight excluding hydrogens is 368 g/mol. The van der Waals surface area contributed by atoms with Crippen molar-refractivity contribution in [3.05, 3.63) is 64.1 Å². The van der Waals surface area contributed by atoms with Crippen molar-refractivity contribution in [2.75, 3.05) is 25.0 Å². The topological polar surface area (TPSA) is 49.4 Å². The van der Waals surface area contributed by atoms with E-state index in [1.807, 2.05) is 43.0 Å². The molecule has 0 bridgehead atoms. The van der Waals surface area contributed by atoms with E-state index >= 15 is 0 Å². The fraction of sp³-hybridized carbons (Fsp3) is 0.263. The van der Waals surface area contributed by atoms with Crippen molar-refractivity contribution in [3.63, 3.8) is 0 Å². The molecule has 0 spiro atoms. The molecule has 126 valence electrons. The van der Waals surface area contributed by atoms with Gasteiger partial charge in [0.15, 0.2) is 5.78 Å². The van der Waals surface area contributed by atoms with Crippen molar-refractivity contribution in [1.82, 2.24) is 4.90 Å². The molecular formula is C19H21BrN2O2. The number of amides is 1. The van der Waals surface area contributed by atoms with Crippen LogP contribution in [0, 0.1) is 0 Å². The number of rotatable bonds is 7. The Balaban J connectivity index is 2.25. The Morgan fingerprint density at radius 1 is 1.04 bits per heavy atom. The van der Waals surface area contributed by atoms with Crippen molar-refractivity contribution in [2.24, 2.45) is 0 Å². The van der Waals surface area contributed by atoms with Gasteiger partial charge in [0.1, 0.15) is 0 Å². The summed E-state index contributed by atoms with van der Waals surface area (Å²) in [6.45, 7) is 5.95. The SMILES string of the molecule is CCN(CC)CC(=O)Nc1ccc(Br)cc1C(=O)c1ccccc1. The van der Waals surface area contributed by atoms with E-state index in [1.165, 1.54) is 0 Å². The van der Waals surface area contributed by atoms with E-state index < -0.39 is 0 Å². The van der Waals surface area contributed by atoms with Crippen LogP contribution in [0.25, 0.3) is 0 Å². The molecule has 0 unspecified atom stereocenters. The Morgan fingerprint density at radius 2 is 1.71 bits per heavy atom. The number of benzene rings is 2. The lowest BCUT2D eigenvalue weighted by atomic mass is 10.0. The molecule has 0 heterocycles. The van der Waals surface area contributed by atoms with E-state index in [4.69, 9.17) is 0 Å². The van der Waals surface area contributed by atoms with Crippen LogP contribution in [0.1, 0.15) is 29.8 Å². The zero-order valence-corrected chi connectivity index (χ0v) is 15.5. The normalized spacial score (nSPS) is 10.7. The number of nitrogens with one attached hydrogen (secondary N) is 1. The summed E-state index contributed by atoms with van der Waals surface area (Å²) in [7, 11) is 0. The Hall–Kier alpha value is -1.98. The van der Waals surface area contributed by atoms with Gasteiger partial charge in [-0.1, -0.05) is 60.1 Å². The predicted molar refractivity (Wildman–Crippen MR) is 100 cm³/mol. The maximum Gasteiger partial charge on any atom is 0.238 e. The van der Waals surface area contributed by atoms with Crippen molar-refractivity contribution in [1.29, 1.82) is 0 Å². The van der Waals surface area contributed by atoms with Crippen LogP contribution in [-0.4, -0.2) is 36.2 Å². The highest BCUT2D eigenvalue weighted by atomic mass is 79.9. The number of carbonyl (C=O) groups is 2. The molecule has 1 amide bonds. The highest BCUT2D eigenvalue weighted by Gasteiger charge is 2.16. The van der Waals surface area contributed by atoms with Gasteiger partial charge in [-0.3, -0.25) is 14.5 Å². The smallest absolute Gasteiger partial charge is 0.238 e. The van der Waals surface area contributed by atoms with Crippen molar-refractivity contribution in [3.8, 4) is 0 Å². The molecule has 0 radical (unpaired) electrons. The summed E-state index contributed by atoms with van der Waals surface area (Å²) in [5.74, 6) is -0.238. The molecule has 0 atom stereocenters. The first-order chi connectivity index (χ1) is 11.5. The Bertz CT molecular complexity index is 713. The van der Waals surface area contributed by atoms with Crippen LogP contribution in [0.4, 0.5) is 5.69 Å². The number of likely N-dealkylation sites (N-methyl/N-ethyl adjacent to an activating group) is 1. The molecule has 0 aliphatic heterocycles. The van der Waals surface area contributed by atoms with E-state index in [0.29, 0.717) is 23.4 Å². The average molecular weight is 389 g/mol. The first kappa shape index (κ1) is 18.4. The second kappa shape index (κ2) is 8.76. The van der Waals surface area contributed by atoms with Gasteiger partial charge in [0.05, 0.1) is 12.2 Å². The van der Waals surface area contributed by atoms with E-state index in [9.17, 15) is 9.59 Å². The minimum atomic E-state index is -0.122. The molecule has 0 fully saturated rings. The lowest BCUT2D eigenvalue weighted by Crippen LogP contribution is -2.33. The Morgan fingerprint density at radius 3 is 2.33 bits per heavy atom. The third kappa shape index (κ3) is 4.76. The van der Waals surface area contributed by atoms with Crippen LogP contribution in [0.15, 0.2) is 53.0 Å². The number of carbonyl (C=O) groups excluding carboxylic acids is 2. The maximum atomic E-state index is 12.8. The van der Waals surface area contributed by atoms with Gasteiger partial charge in [-0.25, -0.2) is 0 Å². The monoisotopic (exact) mass is 388 g/mol. The number of hydrogen-bond donors (Lipinski definition) is 1. The molecule has 0 aromatic heterocycles. The van der Waals surface area contributed by atoms with E-state index in [1.54, 1.807) is 24.3 Å². The summed E-state index contributed by atoms with van der Waals surface area (Å²) >= 11 is 3.39. The molecule has 0 saturated carbocycles. The summed E-state index contributed by atoms with van der Waals surface area (Å²) in [6.07, 6.45) is 0. The van der Waals surface area contributed by atoms with Gasteiger partial charge in [0, 0.05) is 15.6 Å². The zero-order chi connectivity index (χ0) is 17.5. The molecule has 2 rings (SSSR count). The highest BCUT2D eigenvalue weighted by Crippen LogP contribution is 2.24. The first-order valence-electron chi connectivity index (χ1n) is 7.96. The summed E-state index contributed by atoms with van der Waals surface area (Å²) in [6, 6.07) is 14.4. The molecule has 1 N–H and O–H groups in total. The summed E-state index contributed by atoms with van der Waals surface area (Å²) in [5.41, 5.74) is 1.60. The summed E-state index contributed by atoms with van der Waals surface area (Å²) in [4.78, 5) is 27.0. The van der Waals surface area contributed by atoms with Gasteiger partial charge < -0.3 is 5.32 Å². The lowest BCUT2D eigenvalue weighted by Gasteiger charge is -2.18. The average Bonchev–Trinajstić information content (AvgIpc) is 2.61. The van der Waals surface area contributed by atoms with Gasteiger partial charge >= 0.3 is 0 Å². The summed E-state index contributed by atoms with van der Waals surface area (Å²) < 4.78 is 0.795. The minimum absolute atomic E-state index is 0.116. The number of halogens is 1. The van der Waals surface area contributed by atoms with Gasteiger partial charge in [-0.2, -0.15) is 0 Å². The first-order valence-corrected chi connectivity index (χ1v) is 8.76. The number of nitrogens with zero attached hydrogens (tertiary/aromatic N) is 1. The van der Waals surface area contributed by atoms with Crippen molar-refractivity contribution < 1.29 is 9.59 Å². The van der Waals surface area contributed by atoms with Crippen LogP contribution >= 0.6 is 15.9 Å². The van der Waals surface area contributed by atoms with Crippen LogP contribution in [0.5, 0.6) is 0 Å². The maximum absolute atomic E-state index is 12.8. The van der Waals surface area contributed by atoms with Crippen LogP contribution in [-0.2, 0) is 4.79 Å². The van der Waals surface area contributed by atoms with Gasteiger partial charge in [0.25, 0.3) is 0 Å². The molecule has 5 heteroatoms. The molecule has 2 aromatic carbocycles. The van der Waals surface area contributed by atoms with Gasteiger partial charge in [0.2, 0.25) is 5.91 Å². The Kier molecular flexibility index (Phi) is 6.70. The lowest BCUT2D eigenvalue weighted by molar-refractivity contribution is -0.117. The molecule has 2 aromatic rings. The van der Waals surface area contributed by atoms with E-state index in [2.05, 4.69) is 21.2 Å². The molecule has 0 aliphatic carbocycles. The van der Waals surface area contributed by atoms with Crippen LogP contribution in [0.2, 0.25) is 0 Å². The number of anilines is 1. The molecule has 0 saturated heterocycles. The van der Waals surface area contributed by atoms with E-state index in [0.717, 1.165) is 17.6 Å². The van der Waals surface area contributed by atoms with E-state index in [-0.39, 0.29) is 11.7 Å². The second-order valence-corrected chi connectivity index (χ2v) is 6.31. The Labute approximate surface area is 151 Å². The van der Waals surface area contributed by atoms with Crippen LogP contribution < -0.4 is 5.32 Å².